The van der Waals surface area contributed by atoms with Gasteiger partial charge in [-0.1, -0.05) is 11.2 Å². The number of benzene rings is 1. The summed E-state index contributed by atoms with van der Waals surface area (Å²) in [5.74, 6) is -1.54. The van der Waals surface area contributed by atoms with Crippen molar-refractivity contribution in [1.29, 1.82) is 0 Å². The van der Waals surface area contributed by atoms with Crippen molar-refractivity contribution in [3.63, 3.8) is 0 Å². The van der Waals surface area contributed by atoms with Crippen LogP contribution in [0.1, 0.15) is 48.1 Å². The molecule has 1 N–H and O–H groups in total. The smallest absolute Gasteiger partial charge is 0.273 e. The third kappa shape index (κ3) is 3.56. The van der Waals surface area contributed by atoms with Crippen molar-refractivity contribution in [1.82, 2.24) is 15.4 Å². The Morgan fingerprint density at radius 2 is 2.08 bits per heavy atom. The van der Waals surface area contributed by atoms with Crippen LogP contribution >= 0.6 is 0 Å². The molecule has 1 aliphatic rings. The molecule has 134 valence electrons. The second-order valence-electron chi connectivity index (χ2n) is 6.64. The van der Waals surface area contributed by atoms with E-state index >= 15 is 0 Å². The third-order valence-corrected chi connectivity index (χ3v) is 4.56. The molecule has 1 fully saturated rings. The average molecular weight is 349 g/mol. The summed E-state index contributed by atoms with van der Waals surface area (Å²) < 4.78 is 31.9. The summed E-state index contributed by atoms with van der Waals surface area (Å²) in [6.07, 6.45) is 0.713. The maximum atomic E-state index is 13.7. The first-order valence-corrected chi connectivity index (χ1v) is 8.31. The molecule has 3 rings (SSSR count). The van der Waals surface area contributed by atoms with Crippen LogP contribution in [0.2, 0.25) is 0 Å². The fourth-order valence-electron chi connectivity index (χ4n) is 3.38. The van der Waals surface area contributed by atoms with Crippen molar-refractivity contribution in [2.75, 3.05) is 6.54 Å². The number of carbonyl (C=O) groups is 1. The average Bonchev–Trinajstić information content (AvgIpc) is 3.16. The van der Waals surface area contributed by atoms with Crippen molar-refractivity contribution in [2.45, 2.75) is 45.3 Å². The van der Waals surface area contributed by atoms with E-state index in [1.165, 1.54) is 6.07 Å². The predicted octanol–water partition coefficient (Wildman–Crippen LogP) is 3.22. The lowest BCUT2D eigenvalue weighted by Crippen LogP contribution is -2.41. The minimum atomic E-state index is -0.884. The monoisotopic (exact) mass is 349 g/mol. The van der Waals surface area contributed by atoms with Gasteiger partial charge in [0.25, 0.3) is 5.91 Å². The van der Waals surface area contributed by atoms with E-state index in [0.29, 0.717) is 17.7 Å². The van der Waals surface area contributed by atoms with Crippen LogP contribution in [0.4, 0.5) is 8.78 Å². The Hall–Kier alpha value is -2.28. The number of aryl methyl sites for hydroxylation is 1. The minimum absolute atomic E-state index is 0.203. The lowest BCUT2D eigenvalue weighted by atomic mass is 9.99. The summed E-state index contributed by atoms with van der Waals surface area (Å²) in [4.78, 5) is 14.6. The van der Waals surface area contributed by atoms with E-state index in [4.69, 9.17) is 4.52 Å². The molecule has 0 saturated carbocycles. The Morgan fingerprint density at radius 3 is 2.68 bits per heavy atom. The van der Waals surface area contributed by atoms with Gasteiger partial charge in [-0.15, -0.1) is 0 Å². The number of nitrogens with one attached hydrogen (secondary N) is 1. The Balaban J connectivity index is 1.86. The number of hydrogen-bond acceptors (Lipinski definition) is 4. The summed E-state index contributed by atoms with van der Waals surface area (Å²) in [7, 11) is 0. The normalized spacial score (nSPS) is 21.0. The van der Waals surface area contributed by atoms with Crippen LogP contribution in [0.25, 0.3) is 0 Å². The SMILES string of the molecule is Cc1cc(C(=O)N[C@H]2CCN(C(C)C)[C@H]2c2ccc(F)c(F)c2)no1. The molecule has 2 aromatic rings. The van der Waals surface area contributed by atoms with Crippen LogP contribution < -0.4 is 5.32 Å². The Kier molecular flexibility index (Phi) is 4.85. The van der Waals surface area contributed by atoms with Gasteiger partial charge in [0, 0.05) is 18.7 Å². The summed E-state index contributed by atoms with van der Waals surface area (Å²) in [6, 6.07) is 5.22. The van der Waals surface area contributed by atoms with E-state index in [1.807, 2.05) is 13.8 Å². The molecule has 0 aliphatic carbocycles. The second kappa shape index (κ2) is 6.92. The summed E-state index contributed by atoms with van der Waals surface area (Å²) in [6.45, 7) is 6.55. The van der Waals surface area contributed by atoms with E-state index in [-0.39, 0.29) is 29.7 Å². The highest BCUT2D eigenvalue weighted by Gasteiger charge is 2.38. The maximum Gasteiger partial charge on any atom is 0.273 e. The molecule has 0 bridgehead atoms. The van der Waals surface area contributed by atoms with Crippen molar-refractivity contribution in [2.24, 2.45) is 0 Å². The molecule has 1 aliphatic heterocycles. The zero-order chi connectivity index (χ0) is 18.1. The van der Waals surface area contributed by atoms with Crippen LogP contribution in [0.5, 0.6) is 0 Å². The van der Waals surface area contributed by atoms with Crippen molar-refractivity contribution < 1.29 is 18.1 Å². The Bertz CT molecular complexity index is 775. The largest absolute Gasteiger partial charge is 0.361 e. The fourth-order valence-corrected chi connectivity index (χ4v) is 3.38. The molecule has 5 nitrogen and oxygen atoms in total. The van der Waals surface area contributed by atoms with Gasteiger partial charge in [-0.05, 0) is 44.9 Å². The molecule has 1 aromatic carbocycles. The van der Waals surface area contributed by atoms with Gasteiger partial charge in [-0.3, -0.25) is 9.69 Å². The van der Waals surface area contributed by atoms with E-state index < -0.39 is 11.6 Å². The number of hydrogen-bond donors (Lipinski definition) is 1. The number of amides is 1. The van der Waals surface area contributed by atoms with Crippen molar-refractivity contribution in [3.8, 4) is 0 Å². The number of likely N-dealkylation sites (tertiary alicyclic amines) is 1. The molecule has 0 unspecified atom stereocenters. The van der Waals surface area contributed by atoms with Crippen molar-refractivity contribution >= 4 is 5.91 Å². The molecule has 0 spiro atoms. The number of nitrogens with zero attached hydrogens (tertiary/aromatic N) is 2. The zero-order valence-corrected chi connectivity index (χ0v) is 14.4. The van der Waals surface area contributed by atoms with Gasteiger partial charge in [0.1, 0.15) is 5.76 Å². The Labute approximate surface area is 145 Å². The lowest BCUT2D eigenvalue weighted by Gasteiger charge is -2.31. The number of aromatic nitrogens is 1. The summed E-state index contributed by atoms with van der Waals surface area (Å²) in [5.41, 5.74) is 0.858. The predicted molar refractivity (Wildman–Crippen MR) is 88.1 cm³/mol. The van der Waals surface area contributed by atoms with Gasteiger partial charge < -0.3 is 9.84 Å². The highest BCUT2D eigenvalue weighted by atomic mass is 19.2. The minimum Gasteiger partial charge on any atom is -0.361 e. The number of rotatable bonds is 4. The highest BCUT2D eigenvalue weighted by Crippen LogP contribution is 2.34. The number of carbonyl (C=O) groups excluding carboxylic acids is 1. The van der Waals surface area contributed by atoms with E-state index in [2.05, 4.69) is 15.4 Å². The van der Waals surface area contributed by atoms with Gasteiger partial charge >= 0.3 is 0 Å². The zero-order valence-electron chi connectivity index (χ0n) is 14.4. The first kappa shape index (κ1) is 17.5. The summed E-state index contributed by atoms with van der Waals surface area (Å²) >= 11 is 0. The van der Waals surface area contributed by atoms with Crippen molar-refractivity contribution in [3.05, 3.63) is 52.9 Å². The topological polar surface area (TPSA) is 58.4 Å². The van der Waals surface area contributed by atoms with Gasteiger partial charge in [-0.25, -0.2) is 8.78 Å². The molecule has 1 amide bonds. The summed E-state index contributed by atoms with van der Waals surface area (Å²) in [5, 5.41) is 6.68. The molecule has 25 heavy (non-hydrogen) atoms. The van der Waals surface area contributed by atoms with Gasteiger partial charge in [0.05, 0.1) is 12.1 Å². The van der Waals surface area contributed by atoms with E-state index in [0.717, 1.165) is 12.6 Å². The molecule has 1 aromatic heterocycles. The molecule has 0 radical (unpaired) electrons. The fraction of sp³-hybridized carbons (Fsp3) is 0.444. The van der Waals surface area contributed by atoms with Crippen LogP contribution in [0, 0.1) is 18.6 Å². The van der Waals surface area contributed by atoms with Crippen LogP contribution in [0.15, 0.2) is 28.8 Å². The van der Waals surface area contributed by atoms with E-state index in [9.17, 15) is 13.6 Å². The molecule has 2 heterocycles. The first-order valence-electron chi connectivity index (χ1n) is 8.31. The molecule has 2 atom stereocenters. The van der Waals surface area contributed by atoms with Crippen LogP contribution in [0.3, 0.4) is 0 Å². The van der Waals surface area contributed by atoms with E-state index in [1.54, 1.807) is 19.1 Å². The molecular formula is C18H21F2N3O2. The number of halogens is 2. The molecule has 7 heteroatoms. The maximum absolute atomic E-state index is 13.7. The third-order valence-electron chi connectivity index (χ3n) is 4.56. The Morgan fingerprint density at radius 1 is 1.32 bits per heavy atom. The van der Waals surface area contributed by atoms with Gasteiger partial charge in [-0.2, -0.15) is 0 Å². The quantitative estimate of drug-likeness (QED) is 0.921. The standard InChI is InChI=1S/C18H21F2N3O2/c1-10(2)23-7-6-15(21-18(24)16-8-11(3)25-22-16)17(23)12-4-5-13(19)14(20)9-12/h4-5,8-10,15,17H,6-7H2,1-3H3,(H,21,24)/t15-,17-/m0/s1. The second-order valence-corrected chi connectivity index (χ2v) is 6.64. The van der Waals surface area contributed by atoms with Gasteiger partial charge in [0.15, 0.2) is 17.3 Å². The van der Waals surface area contributed by atoms with Crippen LogP contribution in [-0.4, -0.2) is 34.6 Å². The molecular weight excluding hydrogens is 328 g/mol. The van der Waals surface area contributed by atoms with Crippen LogP contribution in [-0.2, 0) is 0 Å². The highest BCUT2D eigenvalue weighted by molar-refractivity contribution is 5.92. The molecule has 1 saturated heterocycles. The van der Waals surface area contributed by atoms with Gasteiger partial charge in [0.2, 0.25) is 0 Å². The first-order chi connectivity index (χ1) is 11.9. The lowest BCUT2D eigenvalue weighted by molar-refractivity contribution is 0.0910.